The molecule has 0 bridgehead atoms. The van der Waals surface area contributed by atoms with Crippen LogP contribution in [0.3, 0.4) is 0 Å². The second-order valence-corrected chi connectivity index (χ2v) is 14.8. The molecule has 298 valence electrons. The summed E-state index contributed by atoms with van der Waals surface area (Å²) in [5.41, 5.74) is 15.5. The van der Waals surface area contributed by atoms with Gasteiger partial charge in [-0.1, -0.05) is 36.4 Å². The normalized spacial score (nSPS) is 14.0. The summed E-state index contributed by atoms with van der Waals surface area (Å²) in [4.78, 5) is 66.1. The molecule has 0 aliphatic heterocycles. The van der Waals surface area contributed by atoms with Crippen LogP contribution in [0, 0.1) is 0 Å². The molecule has 16 nitrogen and oxygen atoms in total. The zero-order valence-corrected chi connectivity index (χ0v) is 31.6. The van der Waals surface area contributed by atoms with E-state index >= 15 is 0 Å². The molecular formula is C41H48N10O6. The van der Waals surface area contributed by atoms with Crippen molar-refractivity contribution in [2.75, 3.05) is 11.5 Å². The summed E-state index contributed by atoms with van der Waals surface area (Å²) in [6.45, 7) is 1.45. The quantitative estimate of drug-likeness (QED) is 0.0626. The van der Waals surface area contributed by atoms with Crippen molar-refractivity contribution in [3.8, 4) is 0 Å². The Bertz CT molecular complexity index is 2140. The van der Waals surface area contributed by atoms with Gasteiger partial charge in [0.05, 0.1) is 24.0 Å². The number of imidazole rings is 2. The number of benzene rings is 1. The number of aromatic nitrogens is 6. The molecule has 0 radical (unpaired) electrons. The third-order valence-corrected chi connectivity index (χ3v) is 10.1. The van der Waals surface area contributed by atoms with E-state index in [0.717, 1.165) is 41.5 Å². The monoisotopic (exact) mass is 776 g/mol. The number of carbonyl (C=O) groups is 4. The maximum absolute atomic E-state index is 12.9. The van der Waals surface area contributed by atoms with E-state index in [0.29, 0.717) is 68.3 Å². The van der Waals surface area contributed by atoms with Gasteiger partial charge in [-0.2, -0.15) is 0 Å². The molecule has 5 aromatic rings. The summed E-state index contributed by atoms with van der Waals surface area (Å²) in [6, 6.07) is 14.8. The Labute approximate surface area is 329 Å². The summed E-state index contributed by atoms with van der Waals surface area (Å²) in [5, 5.41) is 25.8. The third-order valence-electron chi connectivity index (χ3n) is 10.1. The molecule has 4 heterocycles. The van der Waals surface area contributed by atoms with Crippen LogP contribution >= 0.6 is 0 Å². The molecule has 1 saturated carbocycles. The number of nitrogen functional groups attached to an aromatic ring is 2. The maximum atomic E-state index is 12.9. The lowest BCUT2D eigenvalue weighted by Crippen LogP contribution is -2.38. The van der Waals surface area contributed by atoms with Crippen molar-refractivity contribution in [1.29, 1.82) is 0 Å². The largest absolute Gasteiger partial charge is 0.481 e. The zero-order chi connectivity index (χ0) is 40.4. The molecule has 1 aliphatic carbocycles. The van der Waals surface area contributed by atoms with Gasteiger partial charge in [0.2, 0.25) is 11.8 Å². The summed E-state index contributed by atoms with van der Waals surface area (Å²) in [7, 11) is 0. The first-order chi connectivity index (χ1) is 27.4. The molecule has 2 unspecified atom stereocenters. The highest BCUT2D eigenvalue weighted by atomic mass is 16.4. The molecular weight excluding hydrogens is 729 g/mol. The van der Waals surface area contributed by atoms with Crippen molar-refractivity contribution < 1.29 is 29.4 Å². The van der Waals surface area contributed by atoms with E-state index in [9.17, 15) is 29.4 Å². The molecule has 57 heavy (non-hydrogen) atoms. The van der Waals surface area contributed by atoms with E-state index < -0.39 is 23.8 Å². The number of anilines is 2. The predicted octanol–water partition coefficient (Wildman–Crippen LogP) is 3.62. The molecule has 0 spiro atoms. The van der Waals surface area contributed by atoms with Gasteiger partial charge in [0.1, 0.15) is 23.5 Å². The fourth-order valence-corrected chi connectivity index (χ4v) is 6.73. The molecule has 4 aromatic heterocycles. The van der Waals surface area contributed by atoms with Crippen LogP contribution in [0.5, 0.6) is 0 Å². The number of pyridine rings is 2. The lowest BCUT2D eigenvalue weighted by atomic mass is 9.98. The van der Waals surface area contributed by atoms with Crippen LogP contribution in [0.4, 0.5) is 11.6 Å². The van der Waals surface area contributed by atoms with E-state index in [2.05, 4.69) is 30.6 Å². The second kappa shape index (κ2) is 18.4. The van der Waals surface area contributed by atoms with E-state index in [1.165, 1.54) is 0 Å². The van der Waals surface area contributed by atoms with Crippen molar-refractivity contribution in [3.05, 3.63) is 120 Å². The minimum Gasteiger partial charge on any atom is -0.481 e. The minimum atomic E-state index is -0.978. The van der Waals surface area contributed by atoms with E-state index in [1.54, 1.807) is 66.3 Å². The number of carboxylic acids is 2. The van der Waals surface area contributed by atoms with Crippen molar-refractivity contribution in [1.82, 2.24) is 39.7 Å². The highest BCUT2D eigenvalue weighted by Gasteiger charge is 2.43. The van der Waals surface area contributed by atoms with Crippen molar-refractivity contribution in [2.24, 2.45) is 0 Å². The number of nitrogens with zero attached hydrogens (tertiary/aromatic N) is 6. The van der Waals surface area contributed by atoms with Crippen molar-refractivity contribution in [2.45, 2.75) is 94.8 Å². The van der Waals surface area contributed by atoms with Gasteiger partial charge in [-0.15, -0.1) is 0 Å². The second-order valence-electron chi connectivity index (χ2n) is 14.8. The Balaban J connectivity index is 0.876. The fraction of sp³-hybridized carbons (Fsp3) is 0.366. The van der Waals surface area contributed by atoms with Crippen LogP contribution in [0.25, 0.3) is 0 Å². The summed E-state index contributed by atoms with van der Waals surface area (Å²) in [6.07, 6.45) is 14.6. The van der Waals surface area contributed by atoms with Gasteiger partial charge < -0.3 is 41.4 Å². The molecule has 1 fully saturated rings. The Hall–Kier alpha value is -6.58. The van der Waals surface area contributed by atoms with Crippen LogP contribution in [-0.4, -0.2) is 68.6 Å². The van der Waals surface area contributed by atoms with Crippen molar-refractivity contribution in [3.63, 3.8) is 0 Å². The van der Waals surface area contributed by atoms with Crippen LogP contribution < -0.4 is 22.1 Å². The molecule has 6 rings (SSSR count). The number of nitrogens with two attached hydrogens (primary N) is 2. The van der Waals surface area contributed by atoms with Crippen LogP contribution in [-0.2, 0) is 58.1 Å². The molecule has 8 N–H and O–H groups in total. The molecule has 0 saturated heterocycles. The Morgan fingerprint density at radius 3 is 1.60 bits per heavy atom. The highest BCUT2D eigenvalue weighted by molar-refractivity contribution is 5.78. The number of hydrogen-bond donors (Lipinski definition) is 6. The number of carbonyl (C=O) groups excluding carboxylic acids is 2. The lowest BCUT2D eigenvalue weighted by molar-refractivity contribution is -0.139. The Morgan fingerprint density at radius 1 is 0.667 bits per heavy atom. The number of nitrogens with one attached hydrogen (secondary N) is 2. The highest BCUT2D eigenvalue weighted by Crippen LogP contribution is 2.39. The van der Waals surface area contributed by atoms with Gasteiger partial charge in [0.25, 0.3) is 0 Å². The maximum Gasteiger partial charge on any atom is 0.312 e. The molecule has 1 aliphatic rings. The van der Waals surface area contributed by atoms with Gasteiger partial charge in [0.15, 0.2) is 0 Å². The fourth-order valence-electron chi connectivity index (χ4n) is 6.73. The molecule has 2 amide bonds. The SMILES string of the molecule is Nc1ccc(CC(C(=O)O)c2cn(CCCC(=O)NCc3ccc(CC4(NC(=O)CCCn5cnc(C(Cc6ccc(N)nc6)C(=O)O)c5)CC4)cc3)cn2)cn1. The average Bonchev–Trinajstić information content (AvgIpc) is 3.52. The first-order valence-electron chi connectivity index (χ1n) is 19.0. The summed E-state index contributed by atoms with van der Waals surface area (Å²) < 4.78 is 3.62. The van der Waals surface area contributed by atoms with Crippen molar-refractivity contribution >= 4 is 35.4 Å². The number of aryl methyl sites for hydroxylation is 2. The standard InChI is InChI=1S/C41H48N10O6/c42-35-11-9-29(21-44-35)17-31(39(54)55)33-23-50(25-47-33)15-1-3-37(52)46-20-28-7-5-27(6-8-28)19-41(13-14-41)49-38(53)4-2-16-51-24-34(48-26-51)32(40(56)57)18-30-10-12-36(43)45-22-30/h5-12,21-26,31-32H,1-4,13-20H2,(H2,42,44)(H2,43,45)(H,46,52)(H,49,53)(H,54,55)(H,56,57). The van der Waals surface area contributed by atoms with Gasteiger partial charge in [-0.3, -0.25) is 19.2 Å². The molecule has 2 atom stereocenters. The first-order valence-corrected chi connectivity index (χ1v) is 19.0. The predicted molar refractivity (Wildman–Crippen MR) is 210 cm³/mol. The van der Waals surface area contributed by atoms with Crippen LogP contribution in [0.1, 0.15) is 84.0 Å². The minimum absolute atomic E-state index is 0.0171. The molecule has 1 aromatic carbocycles. The summed E-state index contributed by atoms with van der Waals surface area (Å²) in [5.74, 6) is -2.96. The summed E-state index contributed by atoms with van der Waals surface area (Å²) >= 11 is 0. The Kier molecular flexibility index (Phi) is 12.9. The average molecular weight is 777 g/mol. The molecule has 16 heteroatoms. The lowest BCUT2D eigenvalue weighted by Gasteiger charge is -2.18. The van der Waals surface area contributed by atoms with Crippen LogP contribution in [0.15, 0.2) is 86.0 Å². The topological polar surface area (TPSA) is 246 Å². The van der Waals surface area contributed by atoms with E-state index in [-0.39, 0.29) is 30.2 Å². The smallest absolute Gasteiger partial charge is 0.312 e. The number of aliphatic carboxylic acids is 2. The van der Waals surface area contributed by atoms with Gasteiger partial charge in [-0.05, 0) is 79.3 Å². The van der Waals surface area contributed by atoms with Gasteiger partial charge in [0, 0.05) is 62.8 Å². The van der Waals surface area contributed by atoms with Gasteiger partial charge >= 0.3 is 11.9 Å². The Morgan fingerprint density at radius 2 is 1.14 bits per heavy atom. The number of rotatable bonds is 21. The van der Waals surface area contributed by atoms with Gasteiger partial charge in [-0.25, -0.2) is 19.9 Å². The number of hydrogen-bond acceptors (Lipinski definition) is 10. The first kappa shape index (κ1) is 40.1. The third kappa shape index (κ3) is 11.7. The van der Waals surface area contributed by atoms with Crippen LogP contribution in [0.2, 0.25) is 0 Å². The van der Waals surface area contributed by atoms with E-state index in [1.807, 2.05) is 28.8 Å². The number of carboxylic acid groups (broad SMARTS) is 2. The number of amides is 2. The van der Waals surface area contributed by atoms with E-state index in [4.69, 9.17) is 11.5 Å². The zero-order valence-electron chi connectivity index (χ0n) is 31.6.